The molecule has 236 valence electrons. The Morgan fingerprint density at radius 2 is 2.00 bits per heavy atom. The van der Waals surface area contributed by atoms with E-state index in [9.17, 15) is 4.79 Å². The van der Waals surface area contributed by atoms with Gasteiger partial charge in [0.15, 0.2) is 17.2 Å². The molecular formula is C37H41N7O2. The second kappa shape index (κ2) is 13.6. The summed E-state index contributed by atoms with van der Waals surface area (Å²) in [6.07, 6.45) is 11.2. The van der Waals surface area contributed by atoms with E-state index in [2.05, 4.69) is 75.8 Å². The Bertz CT molecular complexity index is 1860. The lowest BCUT2D eigenvalue weighted by molar-refractivity contribution is -0.116. The maximum absolute atomic E-state index is 12.3. The van der Waals surface area contributed by atoms with Crippen molar-refractivity contribution in [3.05, 3.63) is 108 Å². The number of hydrogen-bond acceptors (Lipinski definition) is 8. The summed E-state index contributed by atoms with van der Waals surface area (Å²) in [5.41, 5.74) is 14.1. The van der Waals surface area contributed by atoms with Crippen molar-refractivity contribution in [3.8, 4) is 17.1 Å². The number of carbonyl (C=O) groups is 1. The van der Waals surface area contributed by atoms with Crippen LogP contribution in [0, 0.1) is 0 Å². The summed E-state index contributed by atoms with van der Waals surface area (Å²) in [6.45, 7) is 11.4. The molecule has 4 aromatic rings. The van der Waals surface area contributed by atoms with Gasteiger partial charge in [-0.15, -0.1) is 0 Å². The van der Waals surface area contributed by atoms with E-state index in [-0.39, 0.29) is 5.78 Å². The maximum atomic E-state index is 12.3. The van der Waals surface area contributed by atoms with E-state index in [4.69, 9.17) is 20.4 Å². The first-order chi connectivity index (χ1) is 22.4. The van der Waals surface area contributed by atoms with Gasteiger partial charge in [-0.2, -0.15) is 0 Å². The summed E-state index contributed by atoms with van der Waals surface area (Å²) >= 11 is 0. The number of imidazole rings is 1. The van der Waals surface area contributed by atoms with Crippen molar-refractivity contribution in [1.82, 2.24) is 29.7 Å². The van der Waals surface area contributed by atoms with Crippen LogP contribution in [0.4, 0.5) is 5.82 Å². The van der Waals surface area contributed by atoms with Gasteiger partial charge in [0, 0.05) is 48.7 Å². The maximum Gasteiger partial charge on any atom is 0.227 e. The Hall–Kier alpha value is -4.86. The molecule has 2 aliphatic rings. The molecule has 0 amide bonds. The van der Waals surface area contributed by atoms with Crippen molar-refractivity contribution >= 4 is 28.3 Å². The number of hydrogen-bond donors (Lipinski definition) is 2. The molecule has 3 aromatic heterocycles. The van der Waals surface area contributed by atoms with Crippen LogP contribution in [0.5, 0.6) is 0 Å². The Labute approximate surface area is 270 Å². The topological polar surface area (TPSA) is 111 Å². The number of nitrogen functional groups attached to an aromatic ring is 1. The minimum Gasteiger partial charge on any atom is -0.492 e. The third-order valence-corrected chi connectivity index (χ3v) is 8.78. The number of ether oxygens (including phenoxy) is 1. The van der Waals surface area contributed by atoms with Crippen LogP contribution in [0.3, 0.4) is 0 Å². The van der Waals surface area contributed by atoms with Crippen LogP contribution in [-0.2, 0) is 16.1 Å². The van der Waals surface area contributed by atoms with Gasteiger partial charge in [0.1, 0.15) is 11.3 Å². The first kappa shape index (κ1) is 31.1. The number of piperidine rings is 1. The lowest BCUT2D eigenvalue weighted by atomic mass is 9.87. The van der Waals surface area contributed by atoms with Crippen molar-refractivity contribution < 1.29 is 9.53 Å². The average molecular weight is 616 g/mol. The number of carbonyl (C=O) groups excluding carboxylic acids is 1. The second-order valence-corrected chi connectivity index (χ2v) is 11.7. The van der Waals surface area contributed by atoms with Gasteiger partial charge in [-0.25, -0.2) is 15.0 Å². The zero-order chi connectivity index (χ0) is 32.2. The average Bonchev–Trinajstić information content (AvgIpc) is 3.47. The monoisotopic (exact) mass is 615 g/mol. The van der Waals surface area contributed by atoms with Crippen molar-refractivity contribution in [2.75, 3.05) is 32.5 Å². The molecule has 0 radical (unpaired) electrons. The molecule has 9 heteroatoms. The summed E-state index contributed by atoms with van der Waals surface area (Å²) in [6, 6.07) is 16.7. The zero-order valence-corrected chi connectivity index (χ0v) is 26.8. The number of fused-ring (bicyclic) bond motifs is 1. The number of allylic oxidation sites excluding steroid dienone is 5. The SMILES string of the molecule is C=C1C(=O)C(OC)=C1CN(Cc1ccc(-n2c(-c3cccnc3N)nc3ccc(C(/C=C\CC)=C/C)nc32)cc1)C1CCCNC1. The molecule has 0 saturated carbocycles. The number of Topliss-reactive ketones (excluding diaryl/α,β-unsaturated/α-hetero) is 1. The van der Waals surface area contributed by atoms with Crippen LogP contribution in [0.25, 0.3) is 33.8 Å². The van der Waals surface area contributed by atoms with Gasteiger partial charge in [-0.1, -0.05) is 43.9 Å². The number of benzene rings is 1. The molecule has 9 nitrogen and oxygen atoms in total. The highest BCUT2D eigenvalue weighted by Crippen LogP contribution is 2.33. The van der Waals surface area contributed by atoms with E-state index in [1.807, 2.05) is 31.2 Å². The molecule has 6 rings (SSSR count). The van der Waals surface area contributed by atoms with Gasteiger partial charge < -0.3 is 15.8 Å². The third-order valence-electron chi connectivity index (χ3n) is 8.78. The number of aromatic nitrogens is 4. The second-order valence-electron chi connectivity index (χ2n) is 11.7. The number of pyridine rings is 2. The lowest BCUT2D eigenvalue weighted by Gasteiger charge is -2.37. The van der Waals surface area contributed by atoms with Gasteiger partial charge in [-0.3, -0.25) is 14.3 Å². The summed E-state index contributed by atoms with van der Waals surface area (Å²) in [5.74, 6) is 1.43. The largest absolute Gasteiger partial charge is 0.492 e. The smallest absolute Gasteiger partial charge is 0.227 e. The molecule has 1 aromatic carbocycles. The molecule has 0 spiro atoms. The minimum atomic E-state index is -0.0964. The first-order valence-corrected chi connectivity index (χ1v) is 15.9. The highest BCUT2D eigenvalue weighted by molar-refractivity contribution is 6.18. The van der Waals surface area contributed by atoms with Gasteiger partial charge in [-0.05, 0) is 80.3 Å². The van der Waals surface area contributed by atoms with E-state index in [0.29, 0.717) is 35.6 Å². The zero-order valence-electron chi connectivity index (χ0n) is 26.8. The van der Waals surface area contributed by atoms with Gasteiger partial charge >= 0.3 is 0 Å². The third kappa shape index (κ3) is 6.03. The highest BCUT2D eigenvalue weighted by atomic mass is 16.5. The number of rotatable bonds is 11. The van der Waals surface area contributed by atoms with Gasteiger partial charge in [0.25, 0.3) is 0 Å². The molecule has 1 aliphatic carbocycles. The Morgan fingerprint density at radius 3 is 2.70 bits per heavy atom. The molecule has 3 N–H and O–H groups in total. The highest BCUT2D eigenvalue weighted by Gasteiger charge is 2.35. The number of methoxy groups -OCH3 is 1. The summed E-state index contributed by atoms with van der Waals surface area (Å²) in [5, 5.41) is 3.54. The molecule has 1 unspecified atom stereocenters. The fourth-order valence-electron chi connectivity index (χ4n) is 6.24. The van der Waals surface area contributed by atoms with E-state index >= 15 is 0 Å². The predicted molar refractivity (Wildman–Crippen MR) is 184 cm³/mol. The predicted octanol–water partition coefficient (Wildman–Crippen LogP) is 6.03. The number of anilines is 1. The van der Waals surface area contributed by atoms with Crippen molar-refractivity contribution in [2.45, 2.75) is 45.7 Å². The Morgan fingerprint density at radius 1 is 1.17 bits per heavy atom. The van der Waals surface area contributed by atoms with Crippen molar-refractivity contribution in [2.24, 2.45) is 0 Å². The molecule has 0 bridgehead atoms. The summed E-state index contributed by atoms with van der Waals surface area (Å²) in [4.78, 5) is 29.2. The Balaban J connectivity index is 1.38. The van der Waals surface area contributed by atoms with Crippen LogP contribution >= 0.6 is 0 Å². The first-order valence-electron chi connectivity index (χ1n) is 15.9. The lowest BCUT2D eigenvalue weighted by Crippen LogP contribution is -2.47. The van der Waals surface area contributed by atoms with E-state index < -0.39 is 0 Å². The standard InChI is InChI=1S/C37H41N7O2/c1-5-7-10-26(6-2)31-17-18-32-37(41-31)44(36(42-32)29-12-9-20-40-35(29)38)27-15-13-25(14-16-27)22-43(28-11-8-19-39-21-28)23-30-24(3)33(45)34(30)46-4/h6-7,9-10,12-18,20,28,39H,3,5,8,11,19,21-23H2,1-2,4H3,(H2,38,40)/b10-7-,26-6+. The van der Waals surface area contributed by atoms with Crippen LogP contribution in [0.15, 0.2) is 96.4 Å². The quantitative estimate of drug-likeness (QED) is 0.156. The molecule has 1 aliphatic heterocycles. The molecule has 1 atom stereocenters. The number of nitrogens with one attached hydrogen (secondary N) is 1. The number of ketones is 1. The summed E-state index contributed by atoms with van der Waals surface area (Å²) in [7, 11) is 1.55. The van der Waals surface area contributed by atoms with Crippen molar-refractivity contribution in [3.63, 3.8) is 0 Å². The van der Waals surface area contributed by atoms with E-state index in [1.54, 1.807) is 13.3 Å². The van der Waals surface area contributed by atoms with Gasteiger partial charge in [0.05, 0.1) is 18.4 Å². The van der Waals surface area contributed by atoms with Crippen LogP contribution < -0.4 is 11.1 Å². The number of nitrogens with zero attached hydrogens (tertiary/aromatic N) is 5. The molecule has 4 heterocycles. The van der Waals surface area contributed by atoms with E-state index in [1.165, 1.54) is 0 Å². The van der Waals surface area contributed by atoms with Crippen LogP contribution in [-0.4, -0.2) is 63.0 Å². The summed E-state index contributed by atoms with van der Waals surface area (Å²) < 4.78 is 7.47. The van der Waals surface area contributed by atoms with E-state index in [0.717, 1.165) is 83.7 Å². The fourth-order valence-corrected chi connectivity index (χ4v) is 6.24. The molecule has 46 heavy (non-hydrogen) atoms. The van der Waals surface area contributed by atoms with Crippen LogP contribution in [0.2, 0.25) is 0 Å². The fraction of sp³-hybridized carbons (Fsp3) is 0.297. The molecule has 1 fully saturated rings. The number of nitrogens with two attached hydrogens (primary N) is 1. The van der Waals surface area contributed by atoms with Crippen LogP contribution in [0.1, 0.15) is 44.4 Å². The Kier molecular flexibility index (Phi) is 9.23. The minimum absolute atomic E-state index is 0.0964. The van der Waals surface area contributed by atoms with Crippen molar-refractivity contribution in [1.29, 1.82) is 0 Å². The molecule has 1 saturated heterocycles. The molecular weight excluding hydrogens is 574 g/mol. The van der Waals surface area contributed by atoms with Gasteiger partial charge in [0.2, 0.25) is 5.78 Å². The normalized spacial score (nSPS) is 17.4.